The van der Waals surface area contributed by atoms with E-state index in [1.165, 1.54) is 0 Å². The van der Waals surface area contributed by atoms with E-state index in [0.717, 1.165) is 18.8 Å². The molecule has 0 spiro atoms. The van der Waals surface area contributed by atoms with Crippen molar-refractivity contribution in [2.75, 3.05) is 24.5 Å². The third-order valence-electron chi connectivity index (χ3n) is 2.05. The lowest BCUT2D eigenvalue weighted by Crippen LogP contribution is -2.29. The van der Waals surface area contributed by atoms with Crippen molar-refractivity contribution < 1.29 is 0 Å². The van der Waals surface area contributed by atoms with E-state index >= 15 is 0 Å². The van der Waals surface area contributed by atoms with Gasteiger partial charge in [0.15, 0.2) is 0 Å². The second kappa shape index (κ2) is 5.44. The summed E-state index contributed by atoms with van der Waals surface area (Å²) in [7, 11) is 0. The van der Waals surface area contributed by atoms with Crippen LogP contribution in [0.15, 0.2) is 18.2 Å². The zero-order valence-electron chi connectivity index (χ0n) is 8.13. The number of nitrogens with zero attached hydrogens (tertiary/aromatic N) is 1. The number of nitrogens with two attached hydrogens (primary N) is 1. The van der Waals surface area contributed by atoms with Crippen molar-refractivity contribution in [3.05, 3.63) is 28.2 Å². The van der Waals surface area contributed by atoms with Crippen LogP contribution in [0.2, 0.25) is 10.0 Å². The van der Waals surface area contributed by atoms with Gasteiger partial charge in [0.05, 0.1) is 15.7 Å². The summed E-state index contributed by atoms with van der Waals surface area (Å²) in [6.45, 7) is 4.33. The van der Waals surface area contributed by atoms with Gasteiger partial charge in [-0.2, -0.15) is 0 Å². The maximum atomic E-state index is 6.09. The Labute approximate surface area is 94.6 Å². The molecule has 0 fully saturated rings. The largest absolute Gasteiger partial charge is 0.369 e. The van der Waals surface area contributed by atoms with E-state index in [2.05, 4.69) is 11.8 Å². The summed E-state index contributed by atoms with van der Waals surface area (Å²) >= 11 is 12.0. The summed E-state index contributed by atoms with van der Waals surface area (Å²) in [5.74, 6) is 0. The van der Waals surface area contributed by atoms with E-state index in [0.29, 0.717) is 16.6 Å². The first-order valence-corrected chi connectivity index (χ1v) is 5.35. The average Bonchev–Trinajstić information content (AvgIpc) is 2.19. The fourth-order valence-corrected chi connectivity index (χ4v) is 1.76. The molecule has 1 rings (SSSR count). The van der Waals surface area contributed by atoms with Crippen molar-refractivity contribution in [2.45, 2.75) is 6.92 Å². The first-order chi connectivity index (χ1) is 6.70. The van der Waals surface area contributed by atoms with Crippen LogP contribution in [0, 0.1) is 0 Å². The number of benzene rings is 1. The molecule has 0 aliphatic rings. The molecule has 0 saturated heterocycles. The summed E-state index contributed by atoms with van der Waals surface area (Å²) < 4.78 is 0. The van der Waals surface area contributed by atoms with Gasteiger partial charge in [0.1, 0.15) is 0 Å². The standard InChI is InChI=1S/C10H14Cl2N2/c1-2-14(7-6-13)9-5-3-4-8(11)10(9)12/h3-5H,2,6-7,13H2,1H3. The van der Waals surface area contributed by atoms with E-state index in [4.69, 9.17) is 28.9 Å². The monoisotopic (exact) mass is 232 g/mol. The van der Waals surface area contributed by atoms with Crippen molar-refractivity contribution in [3.63, 3.8) is 0 Å². The molecule has 1 aromatic carbocycles. The van der Waals surface area contributed by atoms with Crippen molar-refractivity contribution in [3.8, 4) is 0 Å². The van der Waals surface area contributed by atoms with Crippen LogP contribution < -0.4 is 10.6 Å². The molecule has 0 amide bonds. The molecule has 14 heavy (non-hydrogen) atoms. The molecular formula is C10H14Cl2N2. The number of likely N-dealkylation sites (N-methyl/N-ethyl adjacent to an activating group) is 1. The Morgan fingerprint density at radius 2 is 2.07 bits per heavy atom. The van der Waals surface area contributed by atoms with Gasteiger partial charge in [0.25, 0.3) is 0 Å². The quantitative estimate of drug-likeness (QED) is 0.866. The summed E-state index contributed by atoms with van der Waals surface area (Å²) in [6.07, 6.45) is 0. The molecule has 0 unspecified atom stereocenters. The summed E-state index contributed by atoms with van der Waals surface area (Å²) in [5, 5.41) is 1.18. The van der Waals surface area contributed by atoms with Crippen LogP contribution in [0.3, 0.4) is 0 Å². The Morgan fingerprint density at radius 3 is 2.64 bits per heavy atom. The Balaban J connectivity index is 2.97. The molecule has 2 N–H and O–H groups in total. The second-order valence-corrected chi connectivity index (χ2v) is 3.73. The molecule has 2 nitrogen and oxygen atoms in total. The maximum absolute atomic E-state index is 6.09. The minimum atomic E-state index is 0.583. The Hall–Kier alpha value is -0.440. The van der Waals surface area contributed by atoms with Crippen molar-refractivity contribution in [1.82, 2.24) is 0 Å². The topological polar surface area (TPSA) is 29.3 Å². The number of rotatable bonds is 4. The van der Waals surface area contributed by atoms with Crippen molar-refractivity contribution >= 4 is 28.9 Å². The molecule has 0 heterocycles. The summed E-state index contributed by atoms with van der Waals surface area (Å²) in [5.41, 5.74) is 6.46. The number of anilines is 1. The van der Waals surface area contributed by atoms with E-state index in [9.17, 15) is 0 Å². The van der Waals surface area contributed by atoms with Crippen LogP contribution in [-0.4, -0.2) is 19.6 Å². The predicted octanol–water partition coefficient (Wildman–Crippen LogP) is 2.78. The van der Waals surface area contributed by atoms with Crippen LogP contribution in [0.1, 0.15) is 6.92 Å². The number of hydrogen-bond acceptors (Lipinski definition) is 2. The minimum Gasteiger partial charge on any atom is -0.369 e. The van der Waals surface area contributed by atoms with Crippen molar-refractivity contribution in [2.24, 2.45) is 5.73 Å². The highest BCUT2D eigenvalue weighted by atomic mass is 35.5. The molecule has 78 valence electrons. The van der Waals surface area contributed by atoms with Crippen LogP contribution >= 0.6 is 23.2 Å². The molecular weight excluding hydrogens is 219 g/mol. The lowest BCUT2D eigenvalue weighted by atomic mass is 10.3. The Morgan fingerprint density at radius 1 is 1.36 bits per heavy atom. The van der Waals surface area contributed by atoms with Gasteiger partial charge in [-0.15, -0.1) is 0 Å². The highest BCUT2D eigenvalue weighted by Crippen LogP contribution is 2.31. The smallest absolute Gasteiger partial charge is 0.0825 e. The molecule has 0 radical (unpaired) electrons. The molecule has 4 heteroatoms. The second-order valence-electron chi connectivity index (χ2n) is 2.94. The van der Waals surface area contributed by atoms with Gasteiger partial charge >= 0.3 is 0 Å². The average molecular weight is 233 g/mol. The minimum absolute atomic E-state index is 0.583. The van der Waals surface area contributed by atoms with Crippen LogP contribution in [0.4, 0.5) is 5.69 Å². The van der Waals surface area contributed by atoms with Gasteiger partial charge in [-0.3, -0.25) is 0 Å². The zero-order valence-corrected chi connectivity index (χ0v) is 9.65. The number of hydrogen-bond donors (Lipinski definition) is 1. The molecule has 0 aromatic heterocycles. The van der Waals surface area contributed by atoms with Gasteiger partial charge in [-0.1, -0.05) is 29.3 Å². The molecule has 1 aromatic rings. The van der Waals surface area contributed by atoms with Gasteiger partial charge < -0.3 is 10.6 Å². The first-order valence-electron chi connectivity index (χ1n) is 4.59. The summed E-state index contributed by atoms with van der Waals surface area (Å²) in [4.78, 5) is 2.11. The Kier molecular flexibility index (Phi) is 4.52. The molecule has 0 aliphatic carbocycles. The predicted molar refractivity (Wildman–Crippen MR) is 63.4 cm³/mol. The normalized spacial score (nSPS) is 10.3. The molecule has 0 bridgehead atoms. The third kappa shape index (κ3) is 2.53. The van der Waals surface area contributed by atoms with Gasteiger partial charge in [-0.25, -0.2) is 0 Å². The first kappa shape index (κ1) is 11.6. The van der Waals surface area contributed by atoms with Crippen molar-refractivity contribution in [1.29, 1.82) is 0 Å². The van der Waals surface area contributed by atoms with Gasteiger partial charge in [-0.05, 0) is 19.1 Å². The van der Waals surface area contributed by atoms with Crippen LogP contribution in [-0.2, 0) is 0 Å². The Bertz CT molecular complexity index is 302. The SMILES string of the molecule is CCN(CCN)c1cccc(Cl)c1Cl. The van der Waals surface area contributed by atoms with E-state index in [-0.39, 0.29) is 0 Å². The fourth-order valence-electron chi connectivity index (χ4n) is 1.34. The third-order valence-corrected chi connectivity index (χ3v) is 2.86. The van der Waals surface area contributed by atoms with E-state index < -0.39 is 0 Å². The highest BCUT2D eigenvalue weighted by molar-refractivity contribution is 6.43. The van der Waals surface area contributed by atoms with Gasteiger partial charge in [0.2, 0.25) is 0 Å². The van der Waals surface area contributed by atoms with Crippen LogP contribution in [0.5, 0.6) is 0 Å². The van der Waals surface area contributed by atoms with E-state index in [1.54, 1.807) is 6.07 Å². The summed E-state index contributed by atoms with van der Waals surface area (Å²) in [6, 6.07) is 5.62. The molecule has 0 saturated carbocycles. The lowest BCUT2D eigenvalue weighted by molar-refractivity contribution is 0.817. The highest BCUT2D eigenvalue weighted by Gasteiger charge is 2.09. The molecule has 0 aliphatic heterocycles. The van der Waals surface area contributed by atoms with Gasteiger partial charge in [0, 0.05) is 19.6 Å². The maximum Gasteiger partial charge on any atom is 0.0825 e. The number of halogens is 2. The zero-order chi connectivity index (χ0) is 10.6. The molecule has 0 atom stereocenters. The van der Waals surface area contributed by atoms with E-state index in [1.807, 2.05) is 12.1 Å². The fraction of sp³-hybridized carbons (Fsp3) is 0.400. The lowest BCUT2D eigenvalue weighted by Gasteiger charge is -2.23. The van der Waals surface area contributed by atoms with Crippen LogP contribution in [0.25, 0.3) is 0 Å².